The summed E-state index contributed by atoms with van der Waals surface area (Å²) in [6, 6.07) is 16.3. The molecular weight excluding hydrogens is 288 g/mol. The van der Waals surface area contributed by atoms with Gasteiger partial charge in [0.2, 0.25) is 5.89 Å². The molecule has 2 aromatic carbocycles. The lowest BCUT2D eigenvalue weighted by Gasteiger charge is -2.11. The van der Waals surface area contributed by atoms with E-state index in [0.717, 1.165) is 41.5 Å². The molecule has 0 bridgehead atoms. The number of benzene rings is 2. The van der Waals surface area contributed by atoms with Crippen LogP contribution in [0.4, 0.5) is 0 Å². The largest absolute Gasteiger partial charge is 0.436 e. The second kappa shape index (κ2) is 6.14. The summed E-state index contributed by atoms with van der Waals surface area (Å²) in [7, 11) is 0. The number of hydrogen-bond donors (Lipinski definition) is 1. The van der Waals surface area contributed by atoms with Crippen LogP contribution in [0, 0.1) is 0 Å². The van der Waals surface area contributed by atoms with Gasteiger partial charge < -0.3 is 14.9 Å². The number of aromatic nitrogens is 1. The van der Waals surface area contributed by atoms with Crippen molar-refractivity contribution in [1.82, 2.24) is 4.98 Å². The normalized spacial score (nSPS) is 21.1. The van der Waals surface area contributed by atoms with Gasteiger partial charge in [-0.1, -0.05) is 24.3 Å². The Labute approximate surface area is 135 Å². The van der Waals surface area contributed by atoms with Crippen molar-refractivity contribution in [2.75, 3.05) is 0 Å². The molecule has 118 valence electrons. The van der Waals surface area contributed by atoms with Crippen LogP contribution in [0.3, 0.4) is 0 Å². The standard InChI is InChI=1S/C19H20N2O2/c20-15-9-10-16(11-15)22-12-13-5-7-14(8-6-13)19-21-17-3-1-2-4-18(17)23-19/h1-8,15-16H,9-12,20H2. The minimum atomic E-state index is 0.307. The molecule has 1 heterocycles. The van der Waals surface area contributed by atoms with Gasteiger partial charge in [0.05, 0.1) is 12.7 Å². The zero-order chi connectivity index (χ0) is 15.6. The molecule has 1 saturated carbocycles. The molecule has 2 N–H and O–H groups in total. The number of rotatable bonds is 4. The van der Waals surface area contributed by atoms with Crippen molar-refractivity contribution in [3.63, 3.8) is 0 Å². The van der Waals surface area contributed by atoms with Crippen LogP contribution < -0.4 is 5.73 Å². The molecule has 1 aliphatic carbocycles. The molecule has 0 aliphatic heterocycles. The zero-order valence-corrected chi connectivity index (χ0v) is 12.9. The number of fused-ring (bicyclic) bond motifs is 1. The average Bonchev–Trinajstić information content (AvgIpc) is 3.19. The van der Waals surface area contributed by atoms with Crippen LogP contribution in [-0.4, -0.2) is 17.1 Å². The lowest BCUT2D eigenvalue weighted by Crippen LogP contribution is -2.17. The van der Waals surface area contributed by atoms with E-state index in [9.17, 15) is 0 Å². The Hall–Kier alpha value is -2.17. The van der Waals surface area contributed by atoms with Crippen LogP contribution in [0.2, 0.25) is 0 Å². The van der Waals surface area contributed by atoms with Gasteiger partial charge in [-0.2, -0.15) is 0 Å². The second-order valence-electron chi connectivity index (χ2n) is 6.19. The molecule has 0 spiro atoms. The summed E-state index contributed by atoms with van der Waals surface area (Å²) in [6.45, 7) is 0.630. The number of hydrogen-bond acceptors (Lipinski definition) is 4. The minimum Gasteiger partial charge on any atom is -0.436 e. The SMILES string of the molecule is NC1CCC(OCc2ccc(-c3nc4ccccc4o3)cc2)C1. The summed E-state index contributed by atoms with van der Waals surface area (Å²) in [5, 5.41) is 0. The van der Waals surface area contributed by atoms with E-state index in [0.29, 0.717) is 24.6 Å². The fraction of sp³-hybridized carbons (Fsp3) is 0.316. The van der Waals surface area contributed by atoms with E-state index in [1.54, 1.807) is 0 Å². The van der Waals surface area contributed by atoms with E-state index in [4.69, 9.17) is 14.9 Å². The highest BCUT2D eigenvalue weighted by molar-refractivity contribution is 5.75. The fourth-order valence-corrected chi connectivity index (χ4v) is 3.08. The Bertz CT molecular complexity index is 761. The average molecular weight is 308 g/mol. The highest BCUT2D eigenvalue weighted by atomic mass is 16.5. The second-order valence-corrected chi connectivity index (χ2v) is 6.19. The Kier molecular flexibility index (Phi) is 3.85. The third-order valence-electron chi connectivity index (χ3n) is 4.41. The van der Waals surface area contributed by atoms with Gasteiger partial charge in [0, 0.05) is 11.6 Å². The molecule has 3 aromatic rings. The number of nitrogens with two attached hydrogens (primary N) is 1. The molecule has 0 amide bonds. The first-order valence-corrected chi connectivity index (χ1v) is 8.10. The highest BCUT2D eigenvalue weighted by Crippen LogP contribution is 2.25. The smallest absolute Gasteiger partial charge is 0.227 e. The molecule has 1 aromatic heterocycles. The highest BCUT2D eigenvalue weighted by Gasteiger charge is 2.22. The first-order chi connectivity index (χ1) is 11.3. The topological polar surface area (TPSA) is 61.3 Å². The van der Waals surface area contributed by atoms with E-state index < -0.39 is 0 Å². The lowest BCUT2D eigenvalue weighted by atomic mass is 10.1. The summed E-state index contributed by atoms with van der Waals surface area (Å²) >= 11 is 0. The third kappa shape index (κ3) is 3.14. The summed E-state index contributed by atoms with van der Waals surface area (Å²) in [5.74, 6) is 0.653. The van der Waals surface area contributed by atoms with Gasteiger partial charge in [-0.3, -0.25) is 0 Å². The van der Waals surface area contributed by atoms with E-state index in [2.05, 4.69) is 17.1 Å². The van der Waals surface area contributed by atoms with Gasteiger partial charge in [0.1, 0.15) is 5.52 Å². The molecule has 4 heteroatoms. The monoisotopic (exact) mass is 308 g/mol. The van der Waals surface area contributed by atoms with Crippen LogP contribution >= 0.6 is 0 Å². The molecule has 2 unspecified atom stereocenters. The van der Waals surface area contributed by atoms with Gasteiger partial charge in [-0.15, -0.1) is 0 Å². The summed E-state index contributed by atoms with van der Waals surface area (Å²) in [4.78, 5) is 4.52. The quantitative estimate of drug-likeness (QED) is 0.794. The van der Waals surface area contributed by atoms with E-state index in [-0.39, 0.29) is 0 Å². The van der Waals surface area contributed by atoms with Crippen molar-refractivity contribution < 1.29 is 9.15 Å². The number of para-hydroxylation sites is 2. The first-order valence-electron chi connectivity index (χ1n) is 8.10. The van der Waals surface area contributed by atoms with Crippen molar-refractivity contribution in [1.29, 1.82) is 0 Å². The first kappa shape index (κ1) is 14.4. The molecule has 23 heavy (non-hydrogen) atoms. The van der Waals surface area contributed by atoms with Crippen LogP contribution in [0.15, 0.2) is 52.9 Å². The van der Waals surface area contributed by atoms with Crippen LogP contribution in [0.1, 0.15) is 24.8 Å². The Morgan fingerprint density at radius 3 is 2.65 bits per heavy atom. The summed E-state index contributed by atoms with van der Waals surface area (Å²) in [6.07, 6.45) is 3.42. The molecule has 4 nitrogen and oxygen atoms in total. The van der Waals surface area contributed by atoms with Crippen LogP contribution in [0.5, 0.6) is 0 Å². The zero-order valence-electron chi connectivity index (χ0n) is 12.9. The fourth-order valence-electron chi connectivity index (χ4n) is 3.08. The summed E-state index contributed by atoms with van der Waals surface area (Å²) in [5.41, 5.74) is 9.74. The van der Waals surface area contributed by atoms with Crippen molar-refractivity contribution in [2.24, 2.45) is 5.73 Å². The van der Waals surface area contributed by atoms with Gasteiger partial charge >= 0.3 is 0 Å². The maximum Gasteiger partial charge on any atom is 0.227 e. The van der Waals surface area contributed by atoms with Crippen molar-refractivity contribution in [3.05, 3.63) is 54.1 Å². The van der Waals surface area contributed by atoms with Crippen molar-refractivity contribution in [3.8, 4) is 11.5 Å². The molecule has 1 fully saturated rings. The molecule has 0 radical (unpaired) electrons. The van der Waals surface area contributed by atoms with Crippen LogP contribution in [0.25, 0.3) is 22.6 Å². The number of oxazole rings is 1. The van der Waals surface area contributed by atoms with Gasteiger partial charge in [0.25, 0.3) is 0 Å². The van der Waals surface area contributed by atoms with Crippen molar-refractivity contribution >= 4 is 11.1 Å². The maximum atomic E-state index is 5.93. The summed E-state index contributed by atoms with van der Waals surface area (Å²) < 4.78 is 11.7. The van der Waals surface area contributed by atoms with E-state index in [1.807, 2.05) is 36.4 Å². The Balaban J connectivity index is 1.45. The van der Waals surface area contributed by atoms with Crippen LogP contribution in [-0.2, 0) is 11.3 Å². The van der Waals surface area contributed by atoms with E-state index >= 15 is 0 Å². The number of nitrogens with zero attached hydrogens (tertiary/aromatic N) is 1. The van der Waals surface area contributed by atoms with Gasteiger partial charge in [-0.25, -0.2) is 4.98 Å². The lowest BCUT2D eigenvalue weighted by molar-refractivity contribution is 0.0448. The van der Waals surface area contributed by atoms with Gasteiger partial charge in [0.15, 0.2) is 5.58 Å². The molecular formula is C19H20N2O2. The van der Waals surface area contributed by atoms with Crippen molar-refractivity contribution in [2.45, 2.75) is 38.0 Å². The predicted molar refractivity (Wildman–Crippen MR) is 89.8 cm³/mol. The Morgan fingerprint density at radius 2 is 1.91 bits per heavy atom. The predicted octanol–water partition coefficient (Wildman–Crippen LogP) is 3.89. The Morgan fingerprint density at radius 1 is 1.09 bits per heavy atom. The minimum absolute atomic E-state index is 0.307. The third-order valence-corrected chi connectivity index (χ3v) is 4.41. The molecule has 4 rings (SSSR count). The number of ether oxygens (including phenoxy) is 1. The molecule has 2 atom stereocenters. The molecule has 0 saturated heterocycles. The maximum absolute atomic E-state index is 5.93. The van der Waals surface area contributed by atoms with Gasteiger partial charge in [-0.05, 0) is 49.1 Å². The van der Waals surface area contributed by atoms with E-state index in [1.165, 1.54) is 0 Å². The molecule has 1 aliphatic rings.